The Morgan fingerprint density at radius 1 is 0.423 bits per heavy atom. The molecule has 6 aromatic carbocycles. The molecular formula is C56H42Br3N5O7. The number of esters is 2. The van der Waals surface area contributed by atoms with Crippen molar-refractivity contribution in [3.8, 4) is 28.7 Å². The van der Waals surface area contributed by atoms with Crippen LogP contribution < -0.4 is 14.2 Å². The summed E-state index contributed by atoms with van der Waals surface area (Å²) in [6.45, 7) is 3.34. The summed E-state index contributed by atoms with van der Waals surface area (Å²) in [4.78, 5) is 42.5. The lowest BCUT2D eigenvalue weighted by Gasteiger charge is -2.07. The molecule has 12 nitrogen and oxygen atoms in total. The van der Waals surface area contributed by atoms with Crippen molar-refractivity contribution < 1.29 is 34.0 Å². The second-order valence-electron chi connectivity index (χ2n) is 15.2. The van der Waals surface area contributed by atoms with Crippen LogP contribution in [0.15, 0.2) is 208 Å². The van der Waals surface area contributed by atoms with Crippen molar-refractivity contribution in [3.05, 3.63) is 214 Å². The number of pyridine rings is 5. The quantitative estimate of drug-likeness (QED) is 0.124. The molecule has 2 N–H and O–H groups in total. The lowest BCUT2D eigenvalue weighted by Crippen LogP contribution is -2.00. The molecular weight excluding hydrogens is 1090 g/mol. The van der Waals surface area contributed by atoms with E-state index in [9.17, 15) is 14.7 Å². The molecule has 0 bridgehead atoms. The number of aromatic hydroxyl groups is 2. The van der Waals surface area contributed by atoms with Crippen molar-refractivity contribution in [2.45, 2.75) is 20.5 Å². The van der Waals surface area contributed by atoms with E-state index in [-0.39, 0.29) is 23.4 Å². The molecule has 0 aliphatic heterocycles. The summed E-state index contributed by atoms with van der Waals surface area (Å²) >= 11 is 10.1. The Labute approximate surface area is 433 Å². The summed E-state index contributed by atoms with van der Waals surface area (Å²) in [7, 11) is 0. The molecule has 0 atom stereocenters. The van der Waals surface area contributed by atoms with Gasteiger partial charge in [0.05, 0.1) is 27.6 Å². The highest BCUT2D eigenvalue weighted by molar-refractivity contribution is 9.11. The molecule has 0 spiro atoms. The number of nitrogens with zero attached hydrogens (tertiary/aromatic N) is 5. The van der Waals surface area contributed by atoms with Crippen LogP contribution in [0.3, 0.4) is 0 Å². The Balaban J connectivity index is 0.000000132. The Kier molecular flexibility index (Phi) is 18.1. The fourth-order valence-corrected chi connectivity index (χ4v) is 7.71. The first-order valence-corrected chi connectivity index (χ1v) is 24.0. The van der Waals surface area contributed by atoms with Gasteiger partial charge in [-0.05, 0) is 175 Å². The van der Waals surface area contributed by atoms with Gasteiger partial charge in [-0.2, -0.15) is 0 Å². The van der Waals surface area contributed by atoms with Gasteiger partial charge in [-0.3, -0.25) is 34.5 Å². The van der Waals surface area contributed by atoms with Crippen LogP contribution in [0.25, 0.3) is 54.5 Å². The van der Waals surface area contributed by atoms with Gasteiger partial charge in [-0.1, -0.05) is 42.5 Å². The van der Waals surface area contributed by atoms with E-state index in [0.717, 1.165) is 79.2 Å². The van der Waals surface area contributed by atoms with Gasteiger partial charge in [-0.15, -0.1) is 0 Å². The van der Waals surface area contributed by atoms with E-state index in [1.807, 2.05) is 91.0 Å². The van der Waals surface area contributed by atoms with Gasteiger partial charge in [0.2, 0.25) is 0 Å². The zero-order valence-corrected chi connectivity index (χ0v) is 42.7. The van der Waals surface area contributed by atoms with Crippen molar-refractivity contribution in [1.82, 2.24) is 24.9 Å². The lowest BCUT2D eigenvalue weighted by molar-refractivity contribution is -0.132. The highest BCUT2D eigenvalue weighted by atomic mass is 79.9. The molecule has 354 valence electrons. The fraction of sp³-hybridized carbons (Fsp3) is 0.0536. The van der Waals surface area contributed by atoms with E-state index in [4.69, 9.17) is 19.3 Å². The van der Waals surface area contributed by atoms with E-state index in [0.29, 0.717) is 18.1 Å². The number of benzene rings is 6. The minimum atomic E-state index is -0.322. The molecule has 15 heteroatoms. The Morgan fingerprint density at radius 2 is 0.803 bits per heavy atom. The summed E-state index contributed by atoms with van der Waals surface area (Å²) in [5, 5.41) is 23.1. The third-order valence-corrected chi connectivity index (χ3v) is 11.1. The van der Waals surface area contributed by atoms with Gasteiger partial charge in [0.1, 0.15) is 35.4 Å². The standard InChI is InChI=1S/C16H12BrNO.C11H8BrNO2.C11H9NO2.C9H6BrNO.C9H7NO/c17-14-8-13-9-15(6-7-16(13)18-10-14)19-11-12-4-2-1-3-5-12;1-7(14)15-10-2-3-11-8(5-10)4-9(12)6-13-11;1-8(13)14-10-4-5-11-9(7-10)3-2-6-12-11;10-7-3-6-4-8(12)1-2-9(6)11-5-7;11-8-3-4-9-7(6-8)2-1-5-10-9/h1-10H,11H2;2-6H,1H3;2-7H,1H3;1-5,12H;1-6,11H. The van der Waals surface area contributed by atoms with E-state index in [1.54, 1.807) is 91.6 Å². The zero-order chi connectivity index (χ0) is 50.1. The number of carbonyl (C=O) groups excluding carboxylic acids is 2. The molecule has 0 aliphatic carbocycles. The van der Waals surface area contributed by atoms with Crippen LogP contribution in [-0.4, -0.2) is 47.1 Å². The first-order valence-electron chi connectivity index (χ1n) is 21.6. The van der Waals surface area contributed by atoms with Crippen molar-refractivity contribution in [2.24, 2.45) is 0 Å². The summed E-state index contributed by atoms with van der Waals surface area (Å²) in [5.41, 5.74) is 5.68. The van der Waals surface area contributed by atoms with Crippen LogP contribution in [0.4, 0.5) is 0 Å². The predicted octanol–water partition coefficient (Wildman–Crippen LogP) is 14.3. The third kappa shape index (κ3) is 15.8. The normalized spacial score (nSPS) is 10.3. The number of aromatic nitrogens is 5. The van der Waals surface area contributed by atoms with Crippen LogP contribution in [0.5, 0.6) is 28.7 Å². The predicted molar refractivity (Wildman–Crippen MR) is 289 cm³/mol. The lowest BCUT2D eigenvalue weighted by atomic mass is 10.2. The van der Waals surface area contributed by atoms with Crippen LogP contribution in [0, 0.1) is 0 Å². The van der Waals surface area contributed by atoms with Crippen molar-refractivity contribution in [2.75, 3.05) is 0 Å². The first-order chi connectivity index (χ1) is 34.3. The van der Waals surface area contributed by atoms with Crippen molar-refractivity contribution >= 4 is 114 Å². The molecule has 0 saturated carbocycles. The number of fused-ring (bicyclic) bond motifs is 5. The zero-order valence-electron chi connectivity index (χ0n) is 38.0. The van der Waals surface area contributed by atoms with E-state index in [2.05, 4.69) is 84.8 Å². The van der Waals surface area contributed by atoms with Crippen LogP contribution in [0.1, 0.15) is 19.4 Å². The largest absolute Gasteiger partial charge is 0.508 e. The molecule has 11 rings (SSSR count). The summed E-state index contributed by atoms with van der Waals surface area (Å²) in [6.07, 6.45) is 8.73. The molecule has 71 heavy (non-hydrogen) atoms. The number of carbonyl (C=O) groups is 2. The molecule has 5 aromatic heterocycles. The smallest absolute Gasteiger partial charge is 0.308 e. The number of hydrogen-bond acceptors (Lipinski definition) is 12. The maximum atomic E-state index is 10.8. The molecule has 5 heterocycles. The van der Waals surface area contributed by atoms with Crippen molar-refractivity contribution in [3.63, 3.8) is 0 Å². The van der Waals surface area contributed by atoms with Crippen LogP contribution in [-0.2, 0) is 16.2 Å². The highest BCUT2D eigenvalue weighted by Gasteiger charge is 2.04. The van der Waals surface area contributed by atoms with Gasteiger partial charge < -0.3 is 24.4 Å². The monoisotopic (exact) mass is 1130 g/mol. The Hall–Kier alpha value is -7.85. The first kappa shape index (κ1) is 51.0. The number of rotatable bonds is 5. The number of ether oxygens (including phenoxy) is 3. The average Bonchev–Trinajstić information content (AvgIpc) is 3.36. The van der Waals surface area contributed by atoms with Gasteiger partial charge in [0, 0.05) is 85.2 Å². The fourth-order valence-electron chi connectivity index (χ4n) is 6.66. The molecule has 11 aromatic rings. The number of halogens is 3. The minimum absolute atomic E-state index is 0.266. The molecule has 0 saturated heterocycles. The maximum absolute atomic E-state index is 10.8. The van der Waals surface area contributed by atoms with Gasteiger partial charge in [-0.25, -0.2) is 0 Å². The van der Waals surface area contributed by atoms with Gasteiger partial charge in [0.25, 0.3) is 0 Å². The number of phenolic OH excluding ortho intramolecular Hbond substituents is 2. The Morgan fingerprint density at radius 3 is 1.28 bits per heavy atom. The topological polar surface area (TPSA) is 167 Å². The van der Waals surface area contributed by atoms with Crippen LogP contribution in [0.2, 0.25) is 0 Å². The number of hydrogen-bond donors (Lipinski definition) is 2. The van der Waals surface area contributed by atoms with Gasteiger partial charge in [0.15, 0.2) is 0 Å². The number of phenols is 2. The van der Waals surface area contributed by atoms with Crippen LogP contribution >= 0.6 is 47.8 Å². The van der Waals surface area contributed by atoms with E-state index >= 15 is 0 Å². The Bertz CT molecular complexity index is 3570. The average molecular weight is 1140 g/mol. The minimum Gasteiger partial charge on any atom is -0.508 e. The maximum Gasteiger partial charge on any atom is 0.308 e. The summed E-state index contributed by atoms with van der Waals surface area (Å²) in [5.74, 6) is 1.86. The van der Waals surface area contributed by atoms with Crippen molar-refractivity contribution in [1.29, 1.82) is 0 Å². The van der Waals surface area contributed by atoms with E-state index in [1.165, 1.54) is 13.8 Å². The molecule has 0 aliphatic rings. The SMILES string of the molecule is Brc1cnc2ccc(OCc3ccccc3)cc2c1.CC(=O)Oc1ccc2ncc(Br)cc2c1.CC(=O)Oc1ccc2ncccc2c1.Oc1ccc2ncc(Br)cc2c1.Oc1ccc2ncccc2c1. The molecule has 0 radical (unpaired) electrons. The molecule has 0 amide bonds. The summed E-state index contributed by atoms with van der Waals surface area (Å²) in [6, 6.07) is 50.4. The van der Waals surface area contributed by atoms with Gasteiger partial charge >= 0.3 is 11.9 Å². The molecule has 0 fully saturated rings. The second kappa shape index (κ2) is 25.1. The highest BCUT2D eigenvalue weighted by Crippen LogP contribution is 2.25. The second-order valence-corrected chi connectivity index (χ2v) is 18.0. The summed E-state index contributed by atoms with van der Waals surface area (Å²) < 4.78 is 18.5. The third-order valence-electron chi connectivity index (χ3n) is 9.80. The molecule has 0 unspecified atom stereocenters. The van der Waals surface area contributed by atoms with E-state index < -0.39 is 0 Å².